The van der Waals surface area contributed by atoms with Gasteiger partial charge in [-0.05, 0) is 48.9 Å². The molecular weight excluding hydrogens is 292 g/mol. The number of aliphatic hydroxyl groups excluding tert-OH is 1. The molecule has 0 fully saturated rings. The van der Waals surface area contributed by atoms with E-state index in [0.717, 1.165) is 38.5 Å². The second kappa shape index (κ2) is 8.67. The lowest BCUT2D eigenvalue weighted by Crippen LogP contribution is -2.41. The van der Waals surface area contributed by atoms with Gasteiger partial charge in [0.25, 0.3) is 0 Å². The second-order valence-corrected chi connectivity index (χ2v) is 6.01. The van der Waals surface area contributed by atoms with Gasteiger partial charge >= 0.3 is 11.8 Å². The molecule has 23 heavy (non-hydrogen) atoms. The summed E-state index contributed by atoms with van der Waals surface area (Å²) < 4.78 is 0. The third-order valence-corrected chi connectivity index (χ3v) is 4.24. The number of aryl methyl sites for hydroxylation is 2. The Morgan fingerprint density at radius 2 is 1.96 bits per heavy atom. The first-order chi connectivity index (χ1) is 11.2. The van der Waals surface area contributed by atoms with E-state index in [1.807, 2.05) is 18.2 Å². The van der Waals surface area contributed by atoms with Crippen LogP contribution in [0.1, 0.15) is 43.7 Å². The summed E-state index contributed by atoms with van der Waals surface area (Å²) in [5, 5.41) is 11.8. The number of fused-ring (bicyclic) bond motifs is 1. The molecule has 0 radical (unpaired) electrons. The molecule has 0 atom stereocenters. The highest BCUT2D eigenvalue weighted by molar-refractivity contribution is 6.39. The number of amides is 2. The van der Waals surface area contributed by atoms with E-state index in [4.69, 9.17) is 5.11 Å². The maximum absolute atomic E-state index is 12.3. The average molecular weight is 318 g/mol. The summed E-state index contributed by atoms with van der Waals surface area (Å²) >= 11 is 0. The zero-order chi connectivity index (χ0) is 16.7. The normalized spacial score (nSPS) is 12.8. The molecule has 1 aromatic rings. The van der Waals surface area contributed by atoms with Crippen molar-refractivity contribution in [1.82, 2.24) is 4.90 Å². The fourth-order valence-corrected chi connectivity index (χ4v) is 2.97. The molecule has 0 bridgehead atoms. The summed E-state index contributed by atoms with van der Waals surface area (Å²) in [6, 6.07) is 5.83. The van der Waals surface area contributed by atoms with Gasteiger partial charge in [-0.1, -0.05) is 25.8 Å². The molecule has 0 aromatic heterocycles. The van der Waals surface area contributed by atoms with E-state index in [9.17, 15) is 9.59 Å². The van der Waals surface area contributed by atoms with Crippen molar-refractivity contribution in [2.75, 3.05) is 25.0 Å². The smallest absolute Gasteiger partial charge is 0.313 e. The van der Waals surface area contributed by atoms with Crippen LogP contribution in [0.25, 0.3) is 0 Å². The predicted octanol–water partition coefficient (Wildman–Crippen LogP) is 2.12. The number of aliphatic hydroxyl groups is 1. The molecule has 5 nitrogen and oxygen atoms in total. The van der Waals surface area contributed by atoms with E-state index >= 15 is 0 Å². The predicted molar refractivity (Wildman–Crippen MR) is 90.3 cm³/mol. The molecule has 5 heteroatoms. The molecule has 1 aliphatic rings. The first kappa shape index (κ1) is 17.5. The van der Waals surface area contributed by atoms with Crippen molar-refractivity contribution < 1.29 is 14.7 Å². The van der Waals surface area contributed by atoms with Crippen molar-refractivity contribution in [3.8, 4) is 0 Å². The topological polar surface area (TPSA) is 69.6 Å². The minimum atomic E-state index is -0.632. The number of hydrogen-bond acceptors (Lipinski definition) is 3. The Kier molecular flexibility index (Phi) is 6.59. The molecule has 1 aromatic carbocycles. The second-order valence-electron chi connectivity index (χ2n) is 6.01. The SMILES string of the molecule is CCCCCN(CCO)C(=O)C(=O)Nc1ccc2c(c1)CCC2. The van der Waals surface area contributed by atoms with Crippen molar-refractivity contribution in [2.24, 2.45) is 0 Å². The lowest BCUT2D eigenvalue weighted by Gasteiger charge is -2.21. The van der Waals surface area contributed by atoms with Crippen LogP contribution in [0.2, 0.25) is 0 Å². The number of carbonyl (C=O) groups is 2. The fourth-order valence-electron chi connectivity index (χ4n) is 2.97. The Bertz CT molecular complexity index is 557. The number of unbranched alkanes of at least 4 members (excludes halogenated alkanes) is 2. The largest absolute Gasteiger partial charge is 0.395 e. The van der Waals surface area contributed by atoms with E-state index in [1.165, 1.54) is 16.0 Å². The molecule has 0 saturated heterocycles. The van der Waals surface area contributed by atoms with Gasteiger partial charge in [-0.3, -0.25) is 9.59 Å². The minimum absolute atomic E-state index is 0.135. The van der Waals surface area contributed by atoms with Crippen LogP contribution in [0.5, 0.6) is 0 Å². The molecule has 2 N–H and O–H groups in total. The van der Waals surface area contributed by atoms with Gasteiger partial charge in [0.1, 0.15) is 0 Å². The van der Waals surface area contributed by atoms with Crippen LogP contribution in [0, 0.1) is 0 Å². The van der Waals surface area contributed by atoms with Crippen molar-refractivity contribution in [1.29, 1.82) is 0 Å². The summed E-state index contributed by atoms with van der Waals surface area (Å²) in [7, 11) is 0. The Balaban J connectivity index is 1.95. The number of hydrogen-bond donors (Lipinski definition) is 2. The van der Waals surface area contributed by atoms with Crippen LogP contribution < -0.4 is 5.32 Å². The highest BCUT2D eigenvalue weighted by Crippen LogP contribution is 2.24. The Morgan fingerprint density at radius 3 is 2.70 bits per heavy atom. The number of anilines is 1. The number of carbonyl (C=O) groups excluding carboxylic acids is 2. The minimum Gasteiger partial charge on any atom is -0.395 e. The summed E-state index contributed by atoms with van der Waals surface area (Å²) in [5.41, 5.74) is 3.25. The number of nitrogens with one attached hydrogen (secondary N) is 1. The van der Waals surface area contributed by atoms with Gasteiger partial charge in [-0.15, -0.1) is 0 Å². The van der Waals surface area contributed by atoms with Gasteiger partial charge in [0, 0.05) is 18.8 Å². The maximum atomic E-state index is 12.3. The van der Waals surface area contributed by atoms with Crippen LogP contribution >= 0.6 is 0 Å². The van der Waals surface area contributed by atoms with Crippen LogP contribution in [-0.4, -0.2) is 41.5 Å². The van der Waals surface area contributed by atoms with Crippen molar-refractivity contribution in [3.05, 3.63) is 29.3 Å². The molecule has 0 aliphatic heterocycles. The monoisotopic (exact) mass is 318 g/mol. The average Bonchev–Trinajstić information content (AvgIpc) is 3.01. The highest BCUT2D eigenvalue weighted by Gasteiger charge is 2.21. The van der Waals surface area contributed by atoms with Gasteiger partial charge in [0.2, 0.25) is 0 Å². The van der Waals surface area contributed by atoms with Crippen LogP contribution in [-0.2, 0) is 22.4 Å². The van der Waals surface area contributed by atoms with E-state index in [1.54, 1.807) is 0 Å². The molecule has 0 unspecified atom stereocenters. The molecule has 0 heterocycles. The summed E-state index contributed by atoms with van der Waals surface area (Å²) in [5.74, 6) is -1.21. The van der Waals surface area contributed by atoms with Crippen molar-refractivity contribution in [2.45, 2.75) is 45.4 Å². The molecule has 1 aliphatic carbocycles. The van der Waals surface area contributed by atoms with Crippen LogP contribution in [0.4, 0.5) is 5.69 Å². The van der Waals surface area contributed by atoms with E-state index in [0.29, 0.717) is 12.2 Å². The molecular formula is C18H26N2O3. The zero-order valence-corrected chi connectivity index (χ0v) is 13.8. The molecule has 2 amide bonds. The van der Waals surface area contributed by atoms with Gasteiger partial charge in [-0.2, -0.15) is 0 Å². The zero-order valence-electron chi connectivity index (χ0n) is 13.8. The lowest BCUT2D eigenvalue weighted by atomic mass is 10.1. The Hall–Kier alpha value is -1.88. The van der Waals surface area contributed by atoms with Gasteiger partial charge < -0.3 is 15.3 Å². The van der Waals surface area contributed by atoms with Gasteiger partial charge in [0.15, 0.2) is 0 Å². The lowest BCUT2D eigenvalue weighted by molar-refractivity contribution is -0.143. The van der Waals surface area contributed by atoms with Crippen LogP contribution in [0.15, 0.2) is 18.2 Å². The van der Waals surface area contributed by atoms with Gasteiger partial charge in [-0.25, -0.2) is 0 Å². The van der Waals surface area contributed by atoms with E-state index in [-0.39, 0.29) is 13.2 Å². The first-order valence-electron chi connectivity index (χ1n) is 8.48. The molecule has 2 rings (SSSR count). The third kappa shape index (κ3) is 4.79. The molecule has 0 spiro atoms. The van der Waals surface area contributed by atoms with E-state index in [2.05, 4.69) is 12.2 Å². The fraction of sp³-hybridized carbons (Fsp3) is 0.556. The number of benzene rings is 1. The summed E-state index contributed by atoms with van der Waals surface area (Å²) in [6.07, 6.45) is 6.15. The Morgan fingerprint density at radius 1 is 1.17 bits per heavy atom. The number of rotatable bonds is 7. The van der Waals surface area contributed by atoms with Crippen LogP contribution in [0.3, 0.4) is 0 Å². The first-order valence-corrected chi connectivity index (χ1v) is 8.48. The highest BCUT2D eigenvalue weighted by atomic mass is 16.3. The number of nitrogens with zero attached hydrogens (tertiary/aromatic N) is 1. The molecule has 126 valence electrons. The van der Waals surface area contributed by atoms with Crippen molar-refractivity contribution in [3.63, 3.8) is 0 Å². The summed E-state index contributed by atoms with van der Waals surface area (Å²) in [6.45, 7) is 2.65. The van der Waals surface area contributed by atoms with Gasteiger partial charge in [0.05, 0.1) is 6.61 Å². The Labute approximate surface area is 137 Å². The third-order valence-electron chi connectivity index (χ3n) is 4.24. The molecule has 0 saturated carbocycles. The van der Waals surface area contributed by atoms with E-state index < -0.39 is 11.8 Å². The maximum Gasteiger partial charge on any atom is 0.313 e. The standard InChI is InChI=1S/C18H26N2O3/c1-2-3-4-10-20(11-12-21)18(23)17(22)19-16-9-8-14-6-5-7-15(14)13-16/h8-9,13,21H,2-7,10-12H2,1H3,(H,19,22). The summed E-state index contributed by atoms with van der Waals surface area (Å²) in [4.78, 5) is 25.9. The quantitative estimate of drug-likeness (QED) is 0.598. The van der Waals surface area contributed by atoms with Crippen molar-refractivity contribution >= 4 is 17.5 Å².